The molecular formula is C82H58N4OPt-2. The molecule has 3 heterocycles. The van der Waals surface area contributed by atoms with Gasteiger partial charge in [-0.2, -0.15) is 18.2 Å². The van der Waals surface area contributed by atoms with Crippen molar-refractivity contribution in [2.75, 3.05) is 0 Å². The summed E-state index contributed by atoms with van der Waals surface area (Å²) >= 11 is 0. The van der Waals surface area contributed by atoms with Crippen LogP contribution in [0.15, 0.2) is 297 Å². The number of nitrogens with zero attached hydrogens (tertiary/aromatic N) is 4. The summed E-state index contributed by atoms with van der Waals surface area (Å²) in [6, 6.07) is 111. The predicted molar refractivity (Wildman–Crippen MR) is 357 cm³/mol. The molecule has 88 heavy (non-hydrogen) atoms. The molecule has 3 aromatic heterocycles. The van der Waals surface area contributed by atoms with Gasteiger partial charge in [0, 0.05) is 44.3 Å². The summed E-state index contributed by atoms with van der Waals surface area (Å²) in [7, 11) is 0. The monoisotopic (exact) mass is 1310 g/mol. The van der Waals surface area contributed by atoms with E-state index in [0.717, 1.165) is 128 Å². The molecule has 0 saturated carbocycles. The van der Waals surface area contributed by atoms with Crippen molar-refractivity contribution in [1.82, 2.24) is 14.1 Å². The fraction of sp³-hybridized carbons (Fsp3) is 0.0488. The quantitative estimate of drug-likeness (QED) is 0.0903. The van der Waals surface area contributed by atoms with Crippen LogP contribution in [0.1, 0.15) is 26.3 Å². The SMILES string of the molecule is CC(C)(C)c1ccnc(-n2c3[c-]c(Oc4[c-]c(-n5[c-][n+](-c6c(-c7cc(-c8ccccc8)cc(-c8ccccc8)c7)cccc6-c6cc(-c7ccccc7)cc(-c7ccccc7)c6)c6ccccc65)ccc4)ccc3c3cc(-c4ccccc4)ccc32)c1.[Pt]. The van der Waals surface area contributed by atoms with Gasteiger partial charge in [-0.15, -0.1) is 29.7 Å². The Morgan fingerprint density at radius 1 is 0.386 bits per heavy atom. The Balaban J connectivity index is 0.00000680. The molecule has 424 valence electrons. The zero-order valence-corrected chi connectivity index (χ0v) is 51.1. The third-order valence-corrected chi connectivity index (χ3v) is 16.6. The molecule has 0 radical (unpaired) electrons. The fourth-order valence-electron chi connectivity index (χ4n) is 12.2. The average molecular weight is 1310 g/mol. The maximum Gasteiger partial charge on any atom is 0.268 e. The Labute approximate surface area is 528 Å². The first-order valence-corrected chi connectivity index (χ1v) is 29.6. The molecule has 5 nitrogen and oxygen atoms in total. The number of rotatable bonds is 12. The van der Waals surface area contributed by atoms with Crippen LogP contribution in [0.25, 0.3) is 128 Å². The molecule has 12 aromatic carbocycles. The van der Waals surface area contributed by atoms with Gasteiger partial charge in [0.2, 0.25) is 0 Å². The molecule has 0 aliphatic heterocycles. The number of aromatic nitrogens is 4. The van der Waals surface area contributed by atoms with Gasteiger partial charge < -0.3 is 13.9 Å². The number of imidazole rings is 1. The second-order valence-electron chi connectivity index (χ2n) is 23.2. The van der Waals surface area contributed by atoms with Crippen molar-refractivity contribution >= 4 is 32.8 Å². The van der Waals surface area contributed by atoms with Gasteiger partial charge in [0.25, 0.3) is 6.33 Å². The second kappa shape index (κ2) is 23.4. The first kappa shape index (κ1) is 55.4. The molecule has 0 atom stereocenters. The Morgan fingerprint density at radius 2 is 0.875 bits per heavy atom. The molecular weight excluding hydrogens is 1250 g/mol. The average Bonchev–Trinajstić information content (AvgIpc) is 2.20. The van der Waals surface area contributed by atoms with E-state index < -0.39 is 0 Å². The second-order valence-corrected chi connectivity index (χ2v) is 23.2. The summed E-state index contributed by atoms with van der Waals surface area (Å²) < 4.78 is 13.5. The van der Waals surface area contributed by atoms with Crippen molar-refractivity contribution in [3.63, 3.8) is 0 Å². The minimum absolute atomic E-state index is 0. The first-order chi connectivity index (χ1) is 42.7. The number of fused-ring (bicyclic) bond motifs is 4. The van der Waals surface area contributed by atoms with Crippen LogP contribution in [0.3, 0.4) is 0 Å². The summed E-state index contributed by atoms with van der Waals surface area (Å²) in [5.74, 6) is 1.93. The van der Waals surface area contributed by atoms with E-state index in [-0.39, 0.29) is 26.5 Å². The van der Waals surface area contributed by atoms with E-state index >= 15 is 0 Å². The van der Waals surface area contributed by atoms with E-state index in [2.05, 4.69) is 326 Å². The summed E-state index contributed by atoms with van der Waals surface area (Å²) in [5.41, 5.74) is 22.4. The third-order valence-electron chi connectivity index (χ3n) is 16.6. The van der Waals surface area contributed by atoms with Crippen LogP contribution in [0.4, 0.5) is 0 Å². The number of pyridine rings is 1. The molecule has 0 N–H and O–H groups in total. The van der Waals surface area contributed by atoms with Crippen molar-refractivity contribution in [2.24, 2.45) is 0 Å². The van der Waals surface area contributed by atoms with E-state index in [1.54, 1.807) is 0 Å². The normalized spacial score (nSPS) is 11.5. The van der Waals surface area contributed by atoms with E-state index in [9.17, 15) is 0 Å². The number of ether oxygens (including phenoxy) is 1. The molecule has 0 spiro atoms. The molecule has 15 aromatic rings. The number of benzene rings is 12. The van der Waals surface area contributed by atoms with Crippen LogP contribution < -0.4 is 9.30 Å². The molecule has 15 rings (SSSR count). The Kier molecular flexibility index (Phi) is 14.8. The Bertz CT molecular complexity index is 4770. The molecule has 6 heteroatoms. The fourth-order valence-corrected chi connectivity index (χ4v) is 12.2. The van der Waals surface area contributed by atoms with Gasteiger partial charge in [0.1, 0.15) is 5.82 Å². The van der Waals surface area contributed by atoms with Crippen LogP contribution in [0.2, 0.25) is 0 Å². The van der Waals surface area contributed by atoms with Crippen molar-refractivity contribution in [3.05, 3.63) is 321 Å². The predicted octanol–water partition coefficient (Wildman–Crippen LogP) is 20.6. The molecule has 0 aliphatic carbocycles. The molecule has 0 unspecified atom stereocenters. The van der Waals surface area contributed by atoms with E-state index in [4.69, 9.17) is 9.72 Å². The Hall–Kier alpha value is -10.5. The van der Waals surface area contributed by atoms with Gasteiger partial charge in [0.15, 0.2) is 0 Å². The summed E-state index contributed by atoms with van der Waals surface area (Å²) in [6.45, 7) is 6.70. The van der Waals surface area contributed by atoms with Crippen molar-refractivity contribution < 1.29 is 30.4 Å². The minimum atomic E-state index is -0.0780. The number of hydrogen-bond acceptors (Lipinski definition) is 2. The van der Waals surface area contributed by atoms with E-state index in [1.807, 2.05) is 24.4 Å². The van der Waals surface area contributed by atoms with Crippen LogP contribution >= 0.6 is 0 Å². The van der Waals surface area contributed by atoms with Crippen molar-refractivity contribution in [1.29, 1.82) is 0 Å². The summed E-state index contributed by atoms with van der Waals surface area (Å²) in [4.78, 5) is 4.98. The maximum atomic E-state index is 6.88. The first-order valence-electron chi connectivity index (χ1n) is 29.6. The Morgan fingerprint density at radius 3 is 1.42 bits per heavy atom. The third kappa shape index (κ3) is 10.7. The van der Waals surface area contributed by atoms with Gasteiger partial charge >= 0.3 is 0 Å². The van der Waals surface area contributed by atoms with Crippen molar-refractivity contribution in [2.45, 2.75) is 26.2 Å². The van der Waals surface area contributed by atoms with Crippen LogP contribution in [0, 0.1) is 18.5 Å². The van der Waals surface area contributed by atoms with Gasteiger partial charge in [-0.3, -0.25) is 4.57 Å². The van der Waals surface area contributed by atoms with Crippen LogP contribution in [0.5, 0.6) is 11.5 Å². The van der Waals surface area contributed by atoms with Gasteiger partial charge in [0.05, 0.1) is 16.7 Å². The molecule has 0 saturated heterocycles. The zero-order chi connectivity index (χ0) is 58.4. The number of para-hydroxylation sites is 3. The standard InChI is InChI=1S/C82H58N4O.Pt/c1-82(2,3)68-43-44-83-80(52-68)86-76-42-39-61(56-23-9-4-10-24-56)51-75(76)74-41-40-71(54-79(74)86)87-70-34-21-33-69(53-70)84-55-85(78-38-20-19-37-77(78)84)81-72(66-47-62(57-25-11-5-12-26-57)45-63(48-66)58-27-13-6-14-28-58)35-22-36-73(81)67-49-64(59-29-15-7-16-30-59)46-65(50-67)60-31-17-8-18-32-60;/h4-52H,1-3H3;/q-2;. The maximum absolute atomic E-state index is 6.88. The van der Waals surface area contributed by atoms with Crippen LogP contribution in [-0.4, -0.2) is 14.1 Å². The zero-order valence-electron chi connectivity index (χ0n) is 48.8. The largest absolute Gasteiger partial charge is 0.510 e. The molecule has 0 amide bonds. The van der Waals surface area contributed by atoms with Gasteiger partial charge in [-0.1, -0.05) is 233 Å². The van der Waals surface area contributed by atoms with Crippen molar-refractivity contribution in [3.8, 4) is 107 Å². The van der Waals surface area contributed by atoms with Gasteiger partial charge in [-0.25, -0.2) is 4.98 Å². The van der Waals surface area contributed by atoms with Gasteiger partial charge in [-0.05, 0) is 155 Å². The minimum Gasteiger partial charge on any atom is -0.510 e. The summed E-state index contributed by atoms with van der Waals surface area (Å²) in [5, 5.41) is 2.17. The van der Waals surface area contributed by atoms with Crippen LogP contribution in [-0.2, 0) is 26.5 Å². The van der Waals surface area contributed by atoms with E-state index in [1.165, 1.54) is 5.56 Å². The van der Waals surface area contributed by atoms with E-state index in [0.29, 0.717) is 11.5 Å². The number of hydrogen-bond donors (Lipinski definition) is 0. The molecule has 0 fully saturated rings. The topological polar surface area (TPSA) is 35.9 Å². The summed E-state index contributed by atoms with van der Waals surface area (Å²) in [6.07, 6.45) is 5.85. The molecule has 0 aliphatic rings. The molecule has 0 bridgehead atoms. The smallest absolute Gasteiger partial charge is 0.268 e.